The second kappa shape index (κ2) is 8.43. The lowest BCUT2D eigenvalue weighted by atomic mass is 10.1. The van der Waals surface area contributed by atoms with Gasteiger partial charge < -0.3 is 9.30 Å². The SMILES string of the molecule is CCc1cc2c(cc1Cl)nc1c(=O)[nH]c(=O)nc-1n2CCCOc1cc(F)cc(F)c1. The van der Waals surface area contributed by atoms with Crippen LogP contribution in [0.3, 0.4) is 0 Å². The fourth-order valence-corrected chi connectivity index (χ4v) is 3.67. The van der Waals surface area contributed by atoms with Gasteiger partial charge in [-0.05, 0) is 30.5 Å². The molecule has 1 N–H and O–H groups in total. The zero-order valence-electron chi connectivity index (χ0n) is 16.4. The van der Waals surface area contributed by atoms with E-state index in [9.17, 15) is 18.4 Å². The van der Waals surface area contributed by atoms with E-state index in [2.05, 4.69) is 15.0 Å². The Bertz CT molecular complexity index is 1350. The van der Waals surface area contributed by atoms with Gasteiger partial charge in [0.25, 0.3) is 5.56 Å². The topological polar surface area (TPSA) is 89.9 Å². The van der Waals surface area contributed by atoms with Crippen LogP contribution < -0.4 is 16.0 Å². The van der Waals surface area contributed by atoms with Gasteiger partial charge in [-0.25, -0.2) is 18.6 Å². The quantitative estimate of drug-likeness (QED) is 0.361. The van der Waals surface area contributed by atoms with Gasteiger partial charge in [-0.15, -0.1) is 0 Å². The van der Waals surface area contributed by atoms with Crippen LogP contribution in [0.1, 0.15) is 18.9 Å². The third-order valence-corrected chi connectivity index (χ3v) is 5.14. The second-order valence-electron chi connectivity index (χ2n) is 6.90. The second-order valence-corrected chi connectivity index (χ2v) is 7.31. The van der Waals surface area contributed by atoms with E-state index in [0.29, 0.717) is 35.4 Å². The summed E-state index contributed by atoms with van der Waals surface area (Å²) >= 11 is 6.31. The number of nitrogens with one attached hydrogen (secondary N) is 1. The van der Waals surface area contributed by atoms with E-state index in [1.54, 1.807) is 10.6 Å². The molecule has 0 saturated carbocycles. The van der Waals surface area contributed by atoms with Crippen molar-refractivity contribution in [2.45, 2.75) is 26.3 Å². The standard InChI is InChI=1S/C21H17ClF2N4O3/c1-2-11-6-17-16(10-15(11)22)25-18-19(26-21(30)27-20(18)29)28(17)4-3-5-31-14-8-12(23)7-13(24)9-14/h6-10H,2-5H2,1H3,(H,27,29,30). The molecule has 0 aliphatic carbocycles. The fraction of sp³-hybridized carbons (Fsp3) is 0.238. The molecule has 0 saturated heterocycles. The monoisotopic (exact) mass is 446 g/mol. The van der Waals surface area contributed by atoms with Crippen LogP contribution in [-0.2, 0) is 13.0 Å². The minimum Gasteiger partial charge on any atom is -0.493 e. The summed E-state index contributed by atoms with van der Waals surface area (Å²) in [5.74, 6) is -1.25. The van der Waals surface area contributed by atoms with Gasteiger partial charge in [0.15, 0.2) is 11.5 Å². The van der Waals surface area contributed by atoms with E-state index < -0.39 is 22.9 Å². The van der Waals surface area contributed by atoms with Crippen molar-refractivity contribution in [3.8, 4) is 17.3 Å². The number of hydrogen-bond donors (Lipinski definition) is 1. The number of rotatable bonds is 6. The Hall–Kier alpha value is -3.33. The summed E-state index contributed by atoms with van der Waals surface area (Å²) in [6, 6.07) is 6.46. The van der Waals surface area contributed by atoms with Crippen LogP contribution in [0.5, 0.6) is 5.75 Å². The first kappa shape index (κ1) is 20.9. The summed E-state index contributed by atoms with van der Waals surface area (Å²) in [7, 11) is 0. The maximum atomic E-state index is 13.3. The molecule has 0 atom stereocenters. The highest BCUT2D eigenvalue weighted by Crippen LogP contribution is 2.27. The predicted molar refractivity (Wildman–Crippen MR) is 112 cm³/mol. The number of aryl methyl sites for hydroxylation is 2. The normalized spacial score (nSPS) is 11.4. The number of hydrogen-bond acceptors (Lipinski definition) is 5. The number of ether oxygens (including phenoxy) is 1. The van der Waals surface area contributed by atoms with Crippen molar-refractivity contribution in [3.05, 3.63) is 73.4 Å². The van der Waals surface area contributed by atoms with Crippen molar-refractivity contribution in [3.63, 3.8) is 0 Å². The van der Waals surface area contributed by atoms with Crippen molar-refractivity contribution in [1.82, 2.24) is 19.5 Å². The summed E-state index contributed by atoms with van der Waals surface area (Å²) in [5, 5.41) is 0.523. The van der Waals surface area contributed by atoms with Gasteiger partial charge in [0, 0.05) is 29.8 Å². The van der Waals surface area contributed by atoms with Gasteiger partial charge >= 0.3 is 5.69 Å². The molecule has 0 radical (unpaired) electrons. The minimum absolute atomic E-state index is 0.0144. The van der Waals surface area contributed by atoms with E-state index in [4.69, 9.17) is 16.3 Å². The van der Waals surface area contributed by atoms with Crippen molar-refractivity contribution >= 4 is 22.6 Å². The molecule has 2 aliphatic rings. The third-order valence-electron chi connectivity index (χ3n) is 4.79. The van der Waals surface area contributed by atoms with Crippen LogP contribution in [0.25, 0.3) is 22.6 Å². The van der Waals surface area contributed by atoms with E-state index in [1.165, 1.54) is 0 Å². The molecular weight excluding hydrogens is 430 g/mol. The Morgan fingerprint density at radius 1 is 1.10 bits per heavy atom. The third kappa shape index (κ3) is 4.27. The average Bonchev–Trinajstić information content (AvgIpc) is 2.70. The summed E-state index contributed by atoms with van der Waals surface area (Å²) < 4.78 is 33.8. The van der Waals surface area contributed by atoms with Gasteiger partial charge in [-0.1, -0.05) is 18.5 Å². The average molecular weight is 447 g/mol. The van der Waals surface area contributed by atoms with Gasteiger partial charge in [0.1, 0.15) is 17.4 Å². The molecule has 10 heteroatoms. The molecule has 2 aromatic rings. The molecule has 31 heavy (non-hydrogen) atoms. The largest absolute Gasteiger partial charge is 0.493 e. The number of H-pyrrole nitrogens is 1. The van der Waals surface area contributed by atoms with Crippen molar-refractivity contribution in [2.24, 2.45) is 0 Å². The van der Waals surface area contributed by atoms with E-state index >= 15 is 0 Å². The molecular formula is C21H17ClF2N4O3. The Labute approximate surface area is 179 Å². The number of aromatic nitrogens is 4. The molecule has 0 bridgehead atoms. The smallest absolute Gasteiger partial charge is 0.349 e. The van der Waals surface area contributed by atoms with Crippen molar-refractivity contribution in [2.75, 3.05) is 6.61 Å². The molecule has 0 amide bonds. The Morgan fingerprint density at radius 3 is 2.55 bits per heavy atom. The molecule has 0 unspecified atom stereocenters. The molecule has 2 aromatic carbocycles. The number of nitrogens with zero attached hydrogens (tertiary/aromatic N) is 3. The maximum Gasteiger partial charge on any atom is 0.349 e. The molecule has 2 aliphatic heterocycles. The first-order valence-electron chi connectivity index (χ1n) is 9.57. The Morgan fingerprint density at radius 2 is 1.84 bits per heavy atom. The lowest BCUT2D eigenvalue weighted by Crippen LogP contribution is -2.29. The lowest BCUT2D eigenvalue weighted by Gasteiger charge is -2.18. The number of fused-ring (bicyclic) bond motifs is 2. The fourth-order valence-electron chi connectivity index (χ4n) is 3.38. The highest BCUT2D eigenvalue weighted by molar-refractivity contribution is 6.32. The Kier molecular flexibility index (Phi) is 5.69. The summed E-state index contributed by atoms with van der Waals surface area (Å²) in [6.07, 6.45) is 1.08. The highest BCUT2D eigenvalue weighted by atomic mass is 35.5. The van der Waals surface area contributed by atoms with E-state index in [-0.39, 0.29) is 23.9 Å². The first-order valence-corrected chi connectivity index (χ1v) is 9.95. The summed E-state index contributed by atoms with van der Waals surface area (Å²) in [4.78, 5) is 34.5. The van der Waals surface area contributed by atoms with Crippen LogP contribution in [0.4, 0.5) is 8.78 Å². The number of halogens is 3. The number of benzene rings is 2. The molecule has 7 nitrogen and oxygen atoms in total. The van der Waals surface area contributed by atoms with Gasteiger partial charge in [-0.3, -0.25) is 9.78 Å². The molecule has 0 fully saturated rings. The first-order chi connectivity index (χ1) is 14.9. The number of aromatic amines is 1. The van der Waals surface area contributed by atoms with Crippen LogP contribution in [0.2, 0.25) is 5.02 Å². The van der Waals surface area contributed by atoms with Crippen LogP contribution in [0.15, 0.2) is 39.9 Å². The molecule has 0 aromatic heterocycles. The van der Waals surface area contributed by atoms with Crippen LogP contribution >= 0.6 is 11.6 Å². The predicted octanol–water partition coefficient (Wildman–Crippen LogP) is 3.55. The van der Waals surface area contributed by atoms with Crippen LogP contribution in [0, 0.1) is 11.6 Å². The summed E-state index contributed by atoms with van der Waals surface area (Å²) in [6.45, 7) is 2.41. The van der Waals surface area contributed by atoms with Crippen LogP contribution in [-0.4, -0.2) is 26.1 Å². The minimum atomic E-state index is -0.774. The Balaban J connectivity index is 1.71. The molecule has 0 spiro atoms. The molecule has 4 rings (SSSR count). The maximum absolute atomic E-state index is 13.3. The van der Waals surface area contributed by atoms with Gasteiger partial charge in [-0.2, -0.15) is 4.98 Å². The summed E-state index contributed by atoms with van der Waals surface area (Å²) in [5.41, 5.74) is 0.608. The van der Waals surface area contributed by atoms with E-state index in [1.807, 2.05) is 13.0 Å². The van der Waals surface area contributed by atoms with E-state index in [0.717, 1.165) is 23.8 Å². The molecule has 160 valence electrons. The van der Waals surface area contributed by atoms with Gasteiger partial charge in [0.05, 0.1) is 17.6 Å². The van der Waals surface area contributed by atoms with Crippen molar-refractivity contribution in [1.29, 1.82) is 0 Å². The lowest BCUT2D eigenvalue weighted by molar-refractivity contribution is 0.299. The van der Waals surface area contributed by atoms with Gasteiger partial charge in [0.2, 0.25) is 0 Å². The highest BCUT2D eigenvalue weighted by Gasteiger charge is 2.19. The zero-order valence-corrected chi connectivity index (χ0v) is 17.2. The zero-order chi connectivity index (χ0) is 22.1. The molecule has 2 heterocycles. The van der Waals surface area contributed by atoms with Crippen molar-refractivity contribution < 1.29 is 13.5 Å².